The Hall–Kier alpha value is -1.59. The summed E-state index contributed by atoms with van der Waals surface area (Å²) >= 11 is 5.85. The summed E-state index contributed by atoms with van der Waals surface area (Å²) in [6, 6.07) is 5.07. The molecular formula is C14H18ClN3O2. The molecule has 0 spiro atoms. The molecular weight excluding hydrogens is 278 g/mol. The average Bonchev–Trinajstić information content (AvgIpc) is 2.45. The number of piperazine rings is 1. The Balaban J connectivity index is 1.89. The van der Waals surface area contributed by atoms with Gasteiger partial charge in [0.25, 0.3) is 5.91 Å². The maximum absolute atomic E-state index is 12.0. The molecule has 2 rings (SSSR count). The molecule has 108 valence electrons. The van der Waals surface area contributed by atoms with Gasteiger partial charge in [-0.1, -0.05) is 11.6 Å². The Labute approximate surface area is 123 Å². The number of halogens is 1. The van der Waals surface area contributed by atoms with Crippen LogP contribution in [0.4, 0.5) is 0 Å². The van der Waals surface area contributed by atoms with Gasteiger partial charge in [0.05, 0.1) is 6.54 Å². The Morgan fingerprint density at radius 2 is 2.05 bits per heavy atom. The van der Waals surface area contributed by atoms with Crippen molar-refractivity contribution in [3.63, 3.8) is 0 Å². The standard InChI is InChI=1S/C14H18ClN3O2/c1-10-8-11(15)2-3-12(10)14(20)17-9-13(19)18-6-4-16-5-7-18/h2-3,8,16H,4-7,9H2,1H3,(H,17,20). The van der Waals surface area contributed by atoms with Gasteiger partial charge in [-0.05, 0) is 30.7 Å². The summed E-state index contributed by atoms with van der Waals surface area (Å²) in [6.07, 6.45) is 0. The predicted molar refractivity (Wildman–Crippen MR) is 78.0 cm³/mol. The van der Waals surface area contributed by atoms with E-state index < -0.39 is 0 Å². The van der Waals surface area contributed by atoms with E-state index in [-0.39, 0.29) is 18.4 Å². The van der Waals surface area contributed by atoms with Crippen molar-refractivity contribution in [2.75, 3.05) is 32.7 Å². The van der Waals surface area contributed by atoms with E-state index in [0.29, 0.717) is 23.7 Å². The number of nitrogens with zero attached hydrogens (tertiary/aromatic N) is 1. The van der Waals surface area contributed by atoms with Crippen molar-refractivity contribution >= 4 is 23.4 Å². The molecule has 1 aromatic carbocycles. The Kier molecular flexibility index (Phi) is 4.98. The smallest absolute Gasteiger partial charge is 0.251 e. The molecule has 0 radical (unpaired) electrons. The summed E-state index contributed by atoms with van der Waals surface area (Å²) in [4.78, 5) is 25.7. The minimum Gasteiger partial charge on any atom is -0.343 e. The van der Waals surface area contributed by atoms with Crippen LogP contribution in [0.15, 0.2) is 18.2 Å². The Bertz CT molecular complexity index is 513. The van der Waals surface area contributed by atoms with E-state index in [9.17, 15) is 9.59 Å². The van der Waals surface area contributed by atoms with Crippen molar-refractivity contribution in [2.45, 2.75) is 6.92 Å². The highest BCUT2D eigenvalue weighted by molar-refractivity contribution is 6.30. The van der Waals surface area contributed by atoms with Gasteiger partial charge in [-0.3, -0.25) is 9.59 Å². The van der Waals surface area contributed by atoms with Gasteiger partial charge in [0.2, 0.25) is 5.91 Å². The summed E-state index contributed by atoms with van der Waals surface area (Å²) in [7, 11) is 0. The lowest BCUT2D eigenvalue weighted by atomic mass is 10.1. The molecule has 1 aliphatic rings. The van der Waals surface area contributed by atoms with Gasteiger partial charge in [0.15, 0.2) is 0 Å². The maximum atomic E-state index is 12.0. The molecule has 0 atom stereocenters. The third-order valence-electron chi connectivity index (χ3n) is 3.30. The van der Waals surface area contributed by atoms with Gasteiger partial charge >= 0.3 is 0 Å². The van der Waals surface area contributed by atoms with Crippen molar-refractivity contribution < 1.29 is 9.59 Å². The summed E-state index contributed by atoms with van der Waals surface area (Å²) in [5.74, 6) is -0.297. The van der Waals surface area contributed by atoms with Gasteiger partial charge in [-0.15, -0.1) is 0 Å². The van der Waals surface area contributed by atoms with Crippen LogP contribution < -0.4 is 10.6 Å². The number of hydrogen-bond donors (Lipinski definition) is 2. The van der Waals surface area contributed by atoms with Crippen LogP contribution in [0.3, 0.4) is 0 Å². The van der Waals surface area contributed by atoms with Gasteiger partial charge in [0.1, 0.15) is 0 Å². The van der Waals surface area contributed by atoms with Crippen LogP contribution in [0.1, 0.15) is 15.9 Å². The van der Waals surface area contributed by atoms with Crippen LogP contribution in [0, 0.1) is 6.92 Å². The maximum Gasteiger partial charge on any atom is 0.251 e. The first-order valence-corrected chi connectivity index (χ1v) is 6.98. The van der Waals surface area contributed by atoms with Gasteiger partial charge in [-0.2, -0.15) is 0 Å². The van der Waals surface area contributed by atoms with E-state index in [1.54, 1.807) is 23.1 Å². The van der Waals surface area contributed by atoms with E-state index in [1.165, 1.54) is 0 Å². The molecule has 1 heterocycles. The molecule has 5 nitrogen and oxygen atoms in total. The average molecular weight is 296 g/mol. The molecule has 0 unspecified atom stereocenters. The SMILES string of the molecule is Cc1cc(Cl)ccc1C(=O)NCC(=O)N1CCNCC1. The van der Waals surface area contributed by atoms with E-state index in [1.807, 2.05) is 6.92 Å². The van der Waals surface area contributed by atoms with Crippen molar-refractivity contribution in [3.8, 4) is 0 Å². The molecule has 0 bridgehead atoms. The number of hydrogen-bond acceptors (Lipinski definition) is 3. The monoisotopic (exact) mass is 295 g/mol. The first-order valence-electron chi connectivity index (χ1n) is 6.61. The number of carbonyl (C=O) groups excluding carboxylic acids is 2. The molecule has 6 heteroatoms. The normalized spacial score (nSPS) is 15.0. The lowest BCUT2D eigenvalue weighted by molar-refractivity contribution is -0.130. The first-order chi connectivity index (χ1) is 9.58. The zero-order chi connectivity index (χ0) is 14.5. The second-order valence-corrected chi connectivity index (χ2v) is 5.21. The number of amides is 2. The Morgan fingerprint density at radius 1 is 1.35 bits per heavy atom. The molecule has 0 saturated carbocycles. The predicted octanol–water partition coefficient (Wildman–Crippen LogP) is 0.810. The summed E-state index contributed by atoms with van der Waals surface area (Å²) in [5.41, 5.74) is 1.34. The molecule has 0 aromatic heterocycles. The summed E-state index contributed by atoms with van der Waals surface area (Å²) in [5, 5.41) is 6.44. The van der Waals surface area contributed by atoms with Gasteiger partial charge < -0.3 is 15.5 Å². The summed E-state index contributed by atoms with van der Waals surface area (Å²) in [6.45, 7) is 4.83. The molecule has 1 aromatic rings. The highest BCUT2D eigenvalue weighted by Gasteiger charge is 2.17. The number of carbonyl (C=O) groups is 2. The van der Waals surface area contributed by atoms with Crippen molar-refractivity contribution in [3.05, 3.63) is 34.3 Å². The first kappa shape index (κ1) is 14.8. The van der Waals surface area contributed by atoms with Crippen molar-refractivity contribution in [1.82, 2.24) is 15.5 Å². The van der Waals surface area contributed by atoms with Gasteiger partial charge in [-0.25, -0.2) is 0 Å². The number of nitrogens with one attached hydrogen (secondary N) is 2. The molecule has 20 heavy (non-hydrogen) atoms. The van der Waals surface area contributed by atoms with Crippen molar-refractivity contribution in [1.29, 1.82) is 0 Å². The molecule has 2 N–H and O–H groups in total. The summed E-state index contributed by atoms with van der Waals surface area (Å²) < 4.78 is 0. The Morgan fingerprint density at radius 3 is 2.70 bits per heavy atom. The lowest BCUT2D eigenvalue weighted by Gasteiger charge is -2.27. The fraction of sp³-hybridized carbons (Fsp3) is 0.429. The van der Waals surface area contributed by atoms with E-state index in [4.69, 9.17) is 11.6 Å². The molecule has 1 fully saturated rings. The second-order valence-electron chi connectivity index (χ2n) is 4.77. The fourth-order valence-corrected chi connectivity index (χ4v) is 2.39. The topological polar surface area (TPSA) is 61.4 Å². The number of aryl methyl sites for hydroxylation is 1. The van der Waals surface area contributed by atoms with E-state index >= 15 is 0 Å². The van der Waals surface area contributed by atoms with Crippen molar-refractivity contribution in [2.24, 2.45) is 0 Å². The lowest BCUT2D eigenvalue weighted by Crippen LogP contribution is -2.49. The largest absolute Gasteiger partial charge is 0.343 e. The van der Waals surface area contributed by atoms with E-state index in [0.717, 1.165) is 18.7 Å². The molecule has 1 saturated heterocycles. The third kappa shape index (κ3) is 3.71. The number of benzene rings is 1. The van der Waals surface area contributed by atoms with E-state index in [2.05, 4.69) is 10.6 Å². The van der Waals surface area contributed by atoms with Gasteiger partial charge in [0, 0.05) is 36.8 Å². The minimum absolute atomic E-state index is 0.0287. The van der Waals surface area contributed by atoms with Crippen LogP contribution >= 0.6 is 11.6 Å². The van der Waals surface area contributed by atoms with Crippen LogP contribution in [-0.2, 0) is 4.79 Å². The number of rotatable bonds is 3. The molecule has 2 amide bonds. The van der Waals surface area contributed by atoms with Crippen LogP contribution in [0.25, 0.3) is 0 Å². The zero-order valence-electron chi connectivity index (χ0n) is 11.4. The highest BCUT2D eigenvalue weighted by Crippen LogP contribution is 2.14. The fourth-order valence-electron chi connectivity index (χ4n) is 2.16. The van der Waals surface area contributed by atoms with Crippen LogP contribution in [0.5, 0.6) is 0 Å². The third-order valence-corrected chi connectivity index (χ3v) is 3.54. The zero-order valence-corrected chi connectivity index (χ0v) is 12.2. The van der Waals surface area contributed by atoms with Crippen LogP contribution in [0.2, 0.25) is 5.02 Å². The minimum atomic E-state index is -0.248. The highest BCUT2D eigenvalue weighted by atomic mass is 35.5. The quantitative estimate of drug-likeness (QED) is 0.867. The molecule has 0 aliphatic carbocycles. The second kappa shape index (κ2) is 6.72. The van der Waals surface area contributed by atoms with Crippen LogP contribution in [-0.4, -0.2) is 49.4 Å². The molecule has 1 aliphatic heterocycles.